The Kier molecular flexibility index (Phi) is 4.01. The molecule has 1 heterocycles. The Morgan fingerprint density at radius 1 is 1.05 bits per heavy atom. The van der Waals surface area contributed by atoms with Crippen LogP contribution in [0.2, 0.25) is 10.3 Å². The molecule has 0 aliphatic heterocycles. The standard InChI is InChI=1S/C11H4Cl2F4N2O/c12-6-3-5(1-2-7(6)14)20-9-4-8(11(15,16)17)18-10(13)19-9/h1-4H. The maximum absolute atomic E-state index is 12.9. The fourth-order valence-corrected chi connectivity index (χ4v) is 1.60. The summed E-state index contributed by atoms with van der Waals surface area (Å²) in [6, 6.07) is 3.86. The van der Waals surface area contributed by atoms with Crippen molar-refractivity contribution >= 4 is 23.2 Å². The molecule has 0 N–H and O–H groups in total. The van der Waals surface area contributed by atoms with Gasteiger partial charge in [-0.2, -0.15) is 18.2 Å². The molecule has 0 amide bonds. The monoisotopic (exact) mass is 326 g/mol. The van der Waals surface area contributed by atoms with E-state index in [0.717, 1.165) is 12.1 Å². The van der Waals surface area contributed by atoms with Gasteiger partial charge in [0.05, 0.1) is 5.02 Å². The highest BCUT2D eigenvalue weighted by molar-refractivity contribution is 6.30. The van der Waals surface area contributed by atoms with Crippen LogP contribution in [0.1, 0.15) is 5.69 Å². The second-order valence-corrected chi connectivity index (χ2v) is 4.28. The van der Waals surface area contributed by atoms with Gasteiger partial charge in [0.25, 0.3) is 0 Å². The molecule has 0 aliphatic rings. The maximum Gasteiger partial charge on any atom is 0.433 e. The predicted molar refractivity (Wildman–Crippen MR) is 63.5 cm³/mol. The van der Waals surface area contributed by atoms with Crippen molar-refractivity contribution in [3.63, 3.8) is 0 Å². The number of nitrogens with zero attached hydrogens (tertiary/aromatic N) is 2. The summed E-state index contributed by atoms with van der Waals surface area (Å²) in [5.74, 6) is -1.10. The van der Waals surface area contributed by atoms with Gasteiger partial charge in [0.15, 0.2) is 5.69 Å². The van der Waals surface area contributed by atoms with E-state index in [-0.39, 0.29) is 10.8 Å². The molecule has 0 radical (unpaired) electrons. The lowest BCUT2D eigenvalue weighted by Gasteiger charge is -2.09. The molecule has 0 spiro atoms. The Balaban J connectivity index is 2.33. The Bertz CT molecular complexity index is 649. The zero-order valence-electron chi connectivity index (χ0n) is 9.38. The van der Waals surface area contributed by atoms with Crippen molar-refractivity contribution in [3.8, 4) is 11.6 Å². The molecular formula is C11H4Cl2F4N2O. The van der Waals surface area contributed by atoms with E-state index in [9.17, 15) is 17.6 Å². The van der Waals surface area contributed by atoms with E-state index >= 15 is 0 Å². The van der Waals surface area contributed by atoms with E-state index in [4.69, 9.17) is 27.9 Å². The summed E-state index contributed by atoms with van der Waals surface area (Å²) < 4.78 is 55.6. The Morgan fingerprint density at radius 2 is 1.75 bits per heavy atom. The van der Waals surface area contributed by atoms with Crippen molar-refractivity contribution in [1.29, 1.82) is 0 Å². The van der Waals surface area contributed by atoms with Crippen LogP contribution in [0, 0.1) is 5.82 Å². The number of aromatic nitrogens is 2. The van der Waals surface area contributed by atoms with Gasteiger partial charge in [0.1, 0.15) is 11.6 Å². The molecule has 0 saturated carbocycles. The van der Waals surface area contributed by atoms with Crippen molar-refractivity contribution in [3.05, 3.63) is 46.1 Å². The SMILES string of the molecule is Fc1ccc(Oc2cc(C(F)(F)F)nc(Cl)n2)cc1Cl. The fraction of sp³-hybridized carbons (Fsp3) is 0.0909. The molecule has 1 aromatic carbocycles. The minimum Gasteiger partial charge on any atom is -0.439 e. The van der Waals surface area contributed by atoms with Gasteiger partial charge in [-0.3, -0.25) is 0 Å². The average molecular weight is 327 g/mol. The van der Waals surface area contributed by atoms with Crippen molar-refractivity contribution in [2.75, 3.05) is 0 Å². The molecule has 2 rings (SSSR count). The molecule has 0 aliphatic carbocycles. The predicted octanol–water partition coefficient (Wildman–Crippen LogP) is 4.73. The largest absolute Gasteiger partial charge is 0.439 e. The van der Waals surface area contributed by atoms with Crippen LogP contribution in [-0.2, 0) is 6.18 Å². The smallest absolute Gasteiger partial charge is 0.433 e. The molecule has 3 nitrogen and oxygen atoms in total. The summed E-state index contributed by atoms with van der Waals surface area (Å²) in [5.41, 5.74) is -1.25. The van der Waals surface area contributed by atoms with Crippen LogP contribution in [0.25, 0.3) is 0 Å². The van der Waals surface area contributed by atoms with Crippen LogP contribution in [0.4, 0.5) is 17.6 Å². The zero-order valence-corrected chi connectivity index (χ0v) is 10.9. The molecule has 9 heteroatoms. The van der Waals surface area contributed by atoms with E-state index in [1.807, 2.05) is 0 Å². The summed E-state index contributed by atoms with van der Waals surface area (Å²) in [6.07, 6.45) is -4.69. The molecule has 0 saturated heterocycles. The van der Waals surface area contributed by atoms with Crippen LogP contribution >= 0.6 is 23.2 Å². The van der Waals surface area contributed by atoms with Crippen LogP contribution < -0.4 is 4.74 Å². The third kappa shape index (κ3) is 3.49. The highest BCUT2D eigenvalue weighted by atomic mass is 35.5. The maximum atomic E-state index is 12.9. The lowest BCUT2D eigenvalue weighted by Crippen LogP contribution is -2.09. The minimum absolute atomic E-state index is 0.0132. The first-order chi connectivity index (χ1) is 9.25. The van der Waals surface area contributed by atoms with Crippen LogP contribution in [0.15, 0.2) is 24.3 Å². The molecule has 2 aromatic rings. The third-order valence-corrected chi connectivity index (χ3v) is 2.54. The highest BCUT2D eigenvalue weighted by Crippen LogP contribution is 2.32. The molecule has 0 atom stereocenters. The second-order valence-electron chi connectivity index (χ2n) is 3.54. The first-order valence-electron chi connectivity index (χ1n) is 5.00. The Morgan fingerprint density at radius 3 is 2.35 bits per heavy atom. The summed E-state index contributed by atoms with van der Waals surface area (Å²) >= 11 is 10.9. The summed E-state index contributed by atoms with van der Waals surface area (Å²) in [5, 5.41) is -0.860. The van der Waals surface area contributed by atoms with Crippen LogP contribution in [0.3, 0.4) is 0 Å². The van der Waals surface area contributed by atoms with Crippen molar-refractivity contribution < 1.29 is 22.3 Å². The molecular weight excluding hydrogens is 323 g/mol. The third-order valence-electron chi connectivity index (χ3n) is 2.08. The summed E-state index contributed by atoms with van der Waals surface area (Å²) in [6.45, 7) is 0. The molecule has 106 valence electrons. The van der Waals surface area contributed by atoms with Crippen LogP contribution in [-0.4, -0.2) is 9.97 Å². The lowest BCUT2D eigenvalue weighted by atomic mass is 10.3. The topological polar surface area (TPSA) is 35.0 Å². The van der Waals surface area contributed by atoms with Crippen molar-refractivity contribution in [2.45, 2.75) is 6.18 Å². The van der Waals surface area contributed by atoms with Gasteiger partial charge in [-0.25, -0.2) is 9.37 Å². The number of hydrogen-bond acceptors (Lipinski definition) is 3. The number of alkyl halides is 3. The van der Waals surface area contributed by atoms with Gasteiger partial charge in [0.2, 0.25) is 11.2 Å². The summed E-state index contributed by atoms with van der Waals surface area (Å²) in [4.78, 5) is 6.53. The van der Waals surface area contributed by atoms with Gasteiger partial charge < -0.3 is 4.74 Å². The second kappa shape index (κ2) is 5.41. The van der Waals surface area contributed by atoms with E-state index < -0.39 is 28.9 Å². The Hall–Kier alpha value is -1.60. The molecule has 0 bridgehead atoms. The quantitative estimate of drug-likeness (QED) is 0.591. The van der Waals surface area contributed by atoms with E-state index in [1.54, 1.807) is 0 Å². The van der Waals surface area contributed by atoms with E-state index in [2.05, 4.69) is 9.97 Å². The minimum atomic E-state index is -4.69. The fourth-order valence-electron chi connectivity index (χ4n) is 1.26. The lowest BCUT2D eigenvalue weighted by molar-refractivity contribution is -0.141. The Labute approximate surface area is 120 Å². The normalized spacial score (nSPS) is 11.5. The van der Waals surface area contributed by atoms with E-state index in [1.165, 1.54) is 6.07 Å². The summed E-state index contributed by atoms with van der Waals surface area (Å²) in [7, 11) is 0. The van der Waals surface area contributed by atoms with Gasteiger partial charge >= 0.3 is 6.18 Å². The number of benzene rings is 1. The first-order valence-corrected chi connectivity index (χ1v) is 5.76. The molecule has 1 aromatic heterocycles. The average Bonchev–Trinajstić information content (AvgIpc) is 2.32. The van der Waals surface area contributed by atoms with Gasteiger partial charge in [-0.1, -0.05) is 11.6 Å². The number of hydrogen-bond donors (Lipinski definition) is 0. The molecule has 0 unspecified atom stereocenters. The van der Waals surface area contributed by atoms with Crippen molar-refractivity contribution in [1.82, 2.24) is 9.97 Å². The number of ether oxygens (including phenoxy) is 1. The van der Waals surface area contributed by atoms with E-state index in [0.29, 0.717) is 6.07 Å². The van der Waals surface area contributed by atoms with Crippen molar-refractivity contribution in [2.24, 2.45) is 0 Å². The number of halogens is 6. The van der Waals surface area contributed by atoms with Crippen LogP contribution in [0.5, 0.6) is 11.6 Å². The zero-order chi connectivity index (χ0) is 14.9. The molecule has 20 heavy (non-hydrogen) atoms. The first kappa shape index (κ1) is 14.8. The molecule has 0 fully saturated rings. The van der Waals surface area contributed by atoms with Gasteiger partial charge in [0, 0.05) is 12.1 Å². The van der Waals surface area contributed by atoms with Gasteiger partial charge in [-0.05, 0) is 23.7 Å². The number of rotatable bonds is 2. The highest BCUT2D eigenvalue weighted by Gasteiger charge is 2.34. The van der Waals surface area contributed by atoms with Gasteiger partial charge in [-0.15, -0.1) is 0 Å².